The van der Waals surface area contributed by atoms with E-state index in [1.54, 1.807) is 0 Å². The van der Waals surface area contributed by atoms with Gasteiger partial charge in [-0.25, -0.2) is 0 Å². The van der Waals surface area contributed by atoms with E-state index in [2.05, 4.69) is 33.6 Å². The molecule has 0 spiro atoms. The second-order valence-corrected chi connectivity index (χ2v) is 9.90. The molecule has 0 heterocycles. The molecular formula is C23H35F3O. The molecule has 4 heteroatoms. The Labute approximate surface area is 162 Å². The highest BCUT2D eigenvalue weighted by Crippen LogP contribution is 2.69. The SMILES string of the molecule is C=C.C=C1[C@H](C(F)(F)F)CC2C3CCC4CC(O)CCC4(C)C3CCC12C. The number of halogens is 3. The topological polar surface area (TPSA) is 20.2 Å². The maximum atomic E-state index is 13.5. The molecule has 1 N–H and O–H groups in total. The Kier molecular flexibility index (Phi) is 5.38. The molecule has 27 heavy (non-hydrogen) atoms. The van der Waals surface area contributed by atoms with Crippen LogP contribution in [0.25, 0.3) is 0 Å². The van der Waals surface area contributed by atoms with Gasteiger partial charge >= 0.3 is 6.18 Å². The Bertz CT molecular complexity index is 585. The lowest BCUT2D eigenvalue weighted by molar-refractivity contribution is -0.165. The van der Waals surface area contributed by atoms with Gasteiger partial charge < -0.3 is 5.11 Å². The van der Waals surface area contributed by atoms with Crippen molar-refractivity contribution in [3.8, 4) is 0 Å². The zero-order valence-corrected chi connectivity index (χ0v) is 16.8. The van der Waals surface area contributed by atoms with Gasteiger partial charge in [0.1, 0.15) is 0 Å². The summed E-state index contributed by atoms with van der Waals surface area (Å²) in [6.07, 6.45) is 2.71. The van der Waals surface area contributed by atoms with Crippen LogP contribution in [-0.4, -0.2) is 17.4 Å². The summed E-state index contributed by atoms with van der Waals surface area (Å²) >= 11 is 0. The van der Waals surface area contributed by atoms with Gasteiger partial charge in [0.15, 0.2) is 0 Å². The summed E-state index contributed by atoms with van der Waals surface area (Å²) < 4.78 is 40.6. The van der Waals surface area contributed by atoms with E-state index in [0.29, 0.717) is 23.3 Å². The summed E-state index contributed by atoms with van der Waals surface area (Å²) in [4.78, 5) is 0. The highest BCUT2D eigenvalue weighted by atomic mass is 19.4. The van der Waals surface area contributed by atoms with E-state index in [1.165, 1.54) is 0 Å². The van der Waals surface area contributed by atoms with Crippen molar-refractivity contribution in [2.75, 3.05) is 0 Å². The van der Waals surface area contributed by atoms with Crippen molar-refractivity contribution < 1.29 is 18.3 Å². The minimum atomic E-state index is -4.15. The van der Waals surface area contributed by atoms with E-state index in [0.717, 1.165) is 44.9 Å². The first kappa shape index (κ1) is 21.0. The molecule has 4 rings (SSSR count). The Balaban J connectivity index is 0.00000102. The van der Waals surface area contributed by atoms with Crippen molar-refractivity contribution in [2.24, 2.45) is 40.4 Å². The number of hydrogen-bond acceptors (Lipinski definition) is 1. The molecule has 0 aromatic heterocycles. The molecule has 0 aromatic carbocycles. The number of allylic oxidation sites excluding steroid dienone is 1. The van der Waals surface area contributed by atoms with E-state index in [-0.39, 0.29) is 29.3 Å². The van der Waals surface area contributed by atoms with Gasteiger partial charge in [-0.05, 0) is 85.9 Å². The predicted octanol–water partition coefficient (Wildman–Crippen LogP) is 6.54. The zero-order chi connectivity index (χ0) is 20.2. The Morgan fingerprint density at radius 2 is 1.63 bits per heavy atom. The van der Waals surface area contributed by atoms with Crippen molar-refractivity contribution in [1.29, 1.82) is 0 Å². The van der Waals surface area contributed by atoms with Crippen LogP contribution in [0.1, 0.15) is 65.2 Å². The summed E-state index contributed by atoms with van der Waals surface area (Å²) in [5.41, 5.74) is 0.328. The Morgan fingerprint density at radius 3 is 2.26 bits per heavy atom. The van der Waals surface area contributed by atoms with Gasteiger partial charge in [-0.2, -0.15) is 13.2 Å². The van der Waals surface area contributed by atoms with Crippen LogP contribution in [0.15, 0.2) is 25.3 Å². The molecule has 0 amide bonds. The third-order valence-electron chi connectivity index (χ3n) is 9.07. The number of alkyl halides is 3. The second kappa shape index (κ2) is 6.93. The van der Waals surface area contributed by atoms with Crippen LogP contribution in [0.2, 0.25) is 0 Å². The summed E-state index contributed by atoms with van der Waals surface area (Å²) in [6, 6.07) is 0. The molecular weight excluding hydrogens is 349 g/mol. The van der Waals surface area contributed by atoms with Crippen molar-refractivity contribution in [3.63, 3.8) is 0 Å². The number of fused-ring (bicyclic) bond motifs is 5. The molecule has 0 radical (unpaired) electrons. The highest BCUT2D eigenvalue weighted by molar-refractivity contribution is 5.26. The van der Waals surface area contributed by atoms with Crippen LogP contribution < -0.4 is 0 Å². The van der Waals surface area contributed by atoms with Crippen LogP contribution in [0.3, 0.4) is 0 Å². The van der Waals surface area contributed by atoms with Crippen molar-refractivity contribution >= 4 is 0 Å². The van der Waals surface area contributed by atoms with Crippen LogP contribution in [0, 0.1) is 40.4 Å². The number of aliphatic hydroxyl groups excluding tert-OH is 1. The maximum Gasteiger partial charge on any atom is 0.395 e. The highest BCUT2D eigenvalue weighted by Gasteiger charge is 2.63. The molecule has 7 unspecified atom stereocenters. The molecule has 8 atom stereocenters. The minimum absolute atomic E-state index is 0.134. The predicted molar refractivity (Wildman–Crippen MR) is 103 cm³/mol. The largest absolute Gasteiger partial charge is 0.395 e. The Morgan fingerprint density at radius 1 is 0.963 bits per heavy atom. The van der Waals surface area contributed by atoms with Crippen LogP contribution >= 0.6 is 0 Å². The van der Waals surface area contributed by atoms with Gasteiger partial charge in [-0.3, -0.25) is 0 Å². The third-order valence-corrected chi connectivity index (χ3v) is 9.07. The van der Waals surface area contributed by atoms with Gasteiger partial charge in [0, 0.05) is 0 Å². The minimum Gasteiger partial charge on any atom is -0.393 e. The Hall–Kier alpha value is -0.770. The fraction of sp³-hybridized carbons (Fsp3) is 0.826. The van der Waals surface area contributed by atoms with Crippen LogP contribution in [0.5, 0.6) is 0 Å². The second-order valence-electron chi connectivity index (χ2n) is 9.90. The van der Waals surface area contributed by atoms with Gasteiger partial charge in [-0.15, -0.1) is 13.2 Å². The molecule has 4 aliphatic carbocycles. The quantitative estimate of drug-likeness (QED) is 0.470. The fourth-order valence-corrected chi connectivity index (χ4v) is 7.51. The summed E-state index contributed by atoms with van der Waals surface area (Å²) in [6.45, 7) is 14.4. The standard InChI is InChI=1S/C21H31F3O.C2H4/c1-12-17(21(22,23)24)11-18-15-5-4-13-10-14(25)6-8-20(13,3)16(15)7-9-19(12,18)2;1-2/h13-18,25H,1,4-11H2,2-3H3;1-2H2/t13?,14?,15?,16?,17-,18?,19?,20?;/m1./s1. The van der Waals surface area contributed by atoms with E-state index >= 15 is 0 Å². The van der Waals surface area contributed by atoms with E-state index < -0.39 is 12.1 Å². The molecule has 1 nitrogen and oxygen atoms in total. The first-order valence-corrected chi connectivity index (χ1v) is 10.5. The van der Waals surface area contributed by atoms with Crippen molar-refractivity contribution in [2.45, 2.75) is 77.5 Å². The molecule has 0 aromatic rings. The summed E-state index contributed by atoms with van der Waals surface area (Å²) in [5.74, 6) is 0.302. The van der Waals surface area contributed by atoms with Gasteiger partial charge in [-0.1, -0.05) is 26.0 Å². The molecule has 4 aliphatic rings. The summed E-state index contributed by atoms with van der Waals surface area (Å²) in [7, 11) is 0. The molecule has 0 aliphatic heterocycles. The lowest BCUT2D eigenvalue weighted by atomic mass is 9.45. The average Bonchev–Trinajstić information content (AvgIpc) is 2.89. The molecule has 0 saturated heterocycles. The molecule has 4 fully saturated rings. The molecule has 0 bridgehead atoms. The normalized spacial score (nSPS) is 49.3. The van der Waals surface area contributed by atoms with Crippen LogP contribution in [0.4, 0.5) is 13.2 Å². The van der Waals surface area contributed by atoms with Crippen molar-refractivity contribution in [3.05, 3.63) is 25.3 Å². The monoisotopic (exact) mass is 384 g/mol. The fourth-order valence-electron chi connectivity index (χ4n) is 7.51. The molecule has 4 saturated carbocycles. The molecule has 154 valence electrons. The number of hydrogen-bond donors (Lipinski definition) is 1. The van der Waals surface area contributed by atoms with Gasteiger partial charge in [0.2, 0.25) is 0 Å². The van der Waals surface area contributed by atoms with Crippen molar-refractivity contribution in [1.82, 2.24) is 0 Å². The van der Waals surface area contributed by atoms with E-state index in [1.807, 2.05) is 0 Å². The zero-order valence-electron chi connectivity index (χ0n) is 16.8. The van der Waals surface area contributed by atoms with E-state index in [9.17, 15) is 18.3 Å². The number of rotatable bonds is 0. The van der Waals surface area contributed by atoms with Gasteiger partial charge in [0.25, 0.3) is 0 Å². The lowest BCUT2D eigenvalue weighted by Crippen LogP contribution is -2.53. The lowest BCUT2D eigenvalue weighted by Gasteiger charge is -2.60. The average molecular weight is 385 g/mol. The van der Waals surface area contributed by atoms with E-state index in [4.69, 9.17) is 0 Å². The smallest absolute Gasteiger partial charge is 0.393 e. The first-order valence-electron chi connectivity index (χ1n) is 10.5. The first-order chi connectivity index (χ1) is 12.6. The summed E-state index contributed by atoms with van der Waals surface area (Å²) in [5, 5.41) is 10.1. The maximum absolute atomic E-state index is 13.5. The third kappa shape index (κ3) is 3.10. The van der Waals surface area contributed by atoms with Gasteiger partial charge in [0.05, 0.1) is 12.0 Å². The van der Waals surface area contributed by atoms with Crippen LogP contribution in [-0.2, 0) is 0 Å². The number of aliphatic hydroxyl groups is 1.